The molecule has 2 atom stereocenters. The van der Waals surface area contributed by atoms with Gasteiger partial charge < -0.3 is 20.5 Å². The predicted molar refractivity (Wildman–Crippen MR) is 73.3 cm³/mol. The summed E-state index contributed by atoms with van der Waals surface area (Å²) in [7, 11) is 1.16. The third-order valence-corrected chi connectivity index (χ3v) is 3.32. The van der Waals surface area contributed by atoms with E-state index in [0.717, 1.165) is 20.0 Å². The van der Waals surface area contributed by atoms with Gasteiger partial charge in [0.15, 0.2) is 0 Å². The number of nitrogens with one attached hydrogen (secondary N) is 2. The Morgan fingerprint density at radius 2 is 1.70 bits per heavy atom. The Balaban J connectivity index is 4.46. The van der Waals surface area contributed by atoms with Gasteiger partial charge in [-0.25, -0.2) is 9.59 Å². The number of carboxylic acid groups (broad SMARTS) is 1. The van der Waals surface area contributed by atoms with E-state index < -0.39 is 30.4 Å². The quantitative estimate of drug-likeness (QED) is 0.581. The molecule has 0 aliphatic carbocycles. The summed E-state index contributed by atoms with van der Waals surface area (Å²) in [6.45, 7) is 5.93. The lowest BCUT2D eigenvalue weighted by Gasteiger charge is -2.23. The smallest absolute Gasteiger partial charge is 0.326 e. The molecule has 116 valence electrons. The van der Waals surface area contributed by atoms with E-state index in [4.69, 9.17) is 5.11 Å². The molecule has 0 bridgehead atoms. The van der Waals surface area contributed by atoms with Crippen LogP contribution in [0.15, 0.2) is 0 Å². The van der Waals surface area contributed by atoms with Crippen LogP contribution in [0.25, 0.3) is 0 Å². The number of hydrogen-bond donors (Lipinski definition) is 3. The Morgan fingerprint density at radius 3 is 2.10 bits per heavy atom. The molecule has 0 aromatic rings. The second-order valence-electron chi connectivity index (χ2n) is 4.65. The molecule has 0 saturated carbocycles. The summed E-state index contributed by atoms with van der Waals surface area (Å²) < 4.78 is 4.39. The van der Waals surface area contributed by atoms with Crippen molar-refractivity contribution < 1.29 is 24.2 Å². The monoisotopic (exact) mass is 288 g/mol. The van der Waals surface area contributed by atoms with Crippen LogP contribution in [0.3, 0.4) is 0 Å². The largest absolute Gasteiger partial charge is 0.480 e. The molecule has 0 rings (SSSR count). The lowest BCUT2D eigenvalue weighted by molar-refractivity contribution is -0.147. The molecule has 0 aromatic carbocycles. The zero-order chi connectivity index (χ0) is 15.7. The van der Waals surface area contributed by atoms with Crippen molar-refractivity contribution in [1.82, 2.24) is 10.6 Å². The lowest BCUT2D eigenvalue weighted by Crippen LogP contribution is -2.50. The molecule has 20 heavy (non-hydrogen) atoms. The van der Waals surface area contributed by atoms with Crippen LogP contribution < -0.4 is 10.6 Å². The predicted octanol–water partition coefficient (Wildman–Crippen LogP) is 1.13. The molecule has 2 amide bonds. The maximum Gasteiger partial charge on any atom is 0.326 e. The Kier molecular flexibility index (Phi) is 8.35. The second kappa shape index (κ2) is 9.17. The highest BCUT2D eigenvalue weighted by Gasteiger charge is 2.25. The van der Waals surface area contributed by atoms with Crippen molar-refractivity contribution >= 4 is 18.0 Å². The number of methoxy groups -OCH3 is 1. The number of hydrogen-bond acceptors (Lipinski definition) is 4. The number of amides is 2. The molecule has 3 N–H and O–H groups in total. The highest BCUT2D eigenvalue weighted by Crippen LogP contribution is 2.12. The zero-order valence-corrected chi connectivity index (χ0v) is 12.4. The van der Waals surface area contributed by atoms with E-state index in [-0.39, 0.29) is 6.04 Å². The van der Waals surface area contributed by atoms with E-state index in [9.17, 15) is 14.4 Å². The number of urea groups is 1. The number of carbonyl (C=O) groups is 3. The average Bonchev–Trinajstić information content (AvgIpc) is 2.38. The fourth-order valence-electron chi connectivity index (χ4n) is 1.97. The van der Waals surface area contributed by atoms with Crippen molar-refractivity contribution in [3.63, 3.8) is 0 Å². The van der Waals surface area contributed by atoms with Gasteiger partial charge in [-0.3, -0.25) is 4.79 Å². The van der Waals surface area contributed by atoms with Gasteiger partial charge in [-0.15, -0.1) is 0 Å². The fourth-order valence-corrected chi connectivity index (χ4v) is 1.97. The second-order valence-corrected chi connectivity index (χ2v) is 4.65. The van der Waals surface area contributed by atoms with Crippen LogP contribution in [0.4, 0.5) is 4.79 Å². The van der Waals surface area contributed by atoms with Gasteiger partial charge in [0.05, 0.1) is 13.5 Å². The minimum absolute atomic E-state index is 0.0717. The van der Waals surface area contributed by atoms with Crippen molar-refractivity contribution in [3.05, 3.63) is 0 Å². The van der Waals surface area contributed by atoms with E-state index in [1.165, 1.54) is 0 Å². The summed E-state index contributed by atoms with van der Waals surface area (Å²) in [6.07, 6.45) is 1.43. The Hall–Kier alpha value is -1.79. The molecule has 0 aromatic heterocycles. The minimum atomic E-state index is -1.30. The molecule has 0 aliphatic heterocycles. The highest BCUT2D eigenvalue weighted by atomic mass is 16.5. The van der Waals surface area contributed by atoms with Gasteiger partial charge in [-0.05, 0) is 12.8 Å². The topological polar surface area (TPSA) is 105 Å². The van der Waals surface area contributed by atoms with Crippen molar-refractivity contribution in [3.8, 4) is 0 Å². The summed E-state index contributed by atoms with van der Waals surface area (Å²) in [6, 6.07) is -1.96. The molecular formula is C13H24N2O5. The van der Waals surface area contributed by atoms with E-state index in [0.29, 0.717) is 5.92 Å². The van der Waals surface area contributed by atoms with Gasteiger partial charge >= 0.3 is 18.0 Å². The van der Waals surface area contributed by atoms with Gasteiger partial charge in [-0.2, -0.15) is 0 Å². The van der Waals surface area contributed by atoms with Crippen LogP contribution in [-0.2, 0) is 14.3 Å². The lowest BCUT2D eigenvalue weighted by atomic mass is 9.96. The van der Waals surface area contributed by atoms with Gasteiger partial charge in [0, 0.05) is 6.04 Å². The first-order valence-corrected chi connectivity index (χ1v) is 6.72. The summed E-state index contributed by atoms with van der Waals surface area (Å²) in [4.78, 5) is 33.8. The minimum Gasteiger partial charge on any atom is -0.480 e. The average molecular weight is 288 g/mol. The van der Waals surface area contributed by atoms with Crippen LogP contribution in [0.1, 0.15) is 40.0 Å². The van der Waals surface area contributed by atoms with Gasteiger partial charge in [0.1, 0.15) is 6.04 Å². The van der Waals surface area contributed by atoms with Crippen LogP contribution in [0, 0.1) is 5.92 Å². The van der Waals surface area contributed by atoms with Crippen molar-refractivity contribution in [1.29, 1.82) is 0 Å². The first-order chi connectivity index (χ1) is 9.35. The summed E-state index contributed by atoms with van der Waals surface area (Å²) in [5.41, 5.74) is 0. The first-order valence-electron chi connectivity index (χ1n) is 6.72. The van der Waals surface area contributed by atoms with E-state index in [1.54, 1.807) is 0 Å². The van der Waals surface area contributed by atoms with Crippen molar-refractivity contribution in [2.75, 3.05) is 7.11 Å². The van der Waals surface area contributed by atoms with Gasteiger partial charge in [0.25, 0.3) is 0 Å². The highest BCUT2D eigenvalue weighted by molar-refractivity contribution is 5.86. The standard InChI is InChI=1S/C13H24N2O5/c1-5-9(6-2)8(3)14-13(19)15-10(12(17)18)7-11(16)20-4/h8-10H,5-7H2,1-4H3,(H,17,18)(H2,14,15,19)/t8?,10-/m0/s1. The molecule has 0 radical (unpaired) electrons. The Bertz CT molecular complexity index is 342. The summed E-state index contributed by atoms with van der Waals surface area (Å²) in [5, 5.41) is 13.9. The molecule has 0 saturated heterocycles. The number of ether oxygens (including phenoxy) is 1. The molecule has 1 unspecified atom stereocenters. The number of carbonyl (C=O) groups excluding carboxylic acids is 2. The number of carboxylic acids is 1. The molecule has 7 nitrogen and oxygen atoms in total. The Morgan fingerprint density at radius 1 is 1.15 bits per heavy atom. The summed E-state index contributed by atoms with van der Waals surface area (Å²) >= 11 is 0. The number of rotatable bonds is 8. The fraction of sp³-hybridized carbons (Fsp3) is 0.769. The van der Waals surface area contributed by atoms with Gasteiger partial charge in [-0.1, -0.05) is 26.7 Å². The van der Waals surface area contributed by atoms with E-state index in [1.807, 2.05) is 20.8 Å². The summed E-state index contributed by atoms with van der Waals surface area (Å²) in [5.74, 6) is -1.64. The molecule has 0 fully saturated rings. The molecular weight excluding hydrogens is 264 g/mol. The first kappa shape index (κ1) is 18.2. The van der Waals surface area contributed by atoms with Crippen LogP contribution in [0.5, 0.6) is 0 Å². The van der Waals surface area contributed by atoms with Crippen molar-refractivity contribution in [2.45, 2.75) is 52.1 Å². The third kappa shape index (κ3) is 6.40. The Labute approximate surface area is 119 Å². The molecule has 7 heteroatoms. The van der Waals surface area contributed by atoms with E-state index in [2.05, 4.69) is 15.4 Å². The number of aliphatic carboxylic acids is 1. The number of esters is 1. The maximum atomic E-state index is 11.7. The van der Waals surface area contributed by atoms with Gasteiger partial charge in [0.2, 0.25) is 0 Å². The SMILES string of the molecule is CCC(CC)C(C)NC(=O)N[C@@H](CC(=O)OC)C(=O)O. The van der Waals surface area contributed by atoms with Crippen LogP contribution >= 0.6 is 0 Å². The molecule has 0 spiro atoms. The van der Waals surface area contributed by atoms with E-state index >= 15 is 0 Å². The van der Waals surface area contributed by atoms with Crippen molar-refractivity contribution in [2.24, 2.45) is 5.92 Å². The van der Waals surface area contributed by atoms with Crippen LogP contribution in [0.2, 0.25) is 0 Å². The normalized spacial score (nSPS) is 13.4. The zero-order valence-electron chi connectivity index (χ0n) is 12.4. The van der Waals surface area contributed by atoms with Crippen LogP contribution in [-0.4, -0.2) is 42.3 Å². The molecule has 0 heterocycles. The maximum absolute atomic E-state index is 11.7. The molecule has 0 aliphatic rings. The third-order valence-electron chi connectivity index (χ3n) is 3.32.